The first-order chi connectivity index (χ1) is 9.62. The zero-order valence-corrected chi connectivity index (χ0v) is 12.8. The molecule has 0 heterocycles. The second kappa shape index (κ2) is 8.48. The van der Waals surface area contributed by atoms with Crippen molar-refractivity contribution in [3.8, 4) is 11.5 Å². The van der Waals surface area contributed by atoms with Gasteiger partial charge in [-0.15, -0.1) is 0 Å². The number of benzene rings is 1. The Bertz CT molecular complexity index is 486. The second-order valence-corrected chi connectivity index (χ2v) is 4.50. The Morgan fingerprint density at radius 3 is 2.75 bits per heavy atom. The van der Waals surface area contributed by atoms with Crippen LogP contribution in [0.4, 0.5) is 0 Å². The predicted octanol–water partition coefficient (Wildman–Crippen LogP) is 3.29. The number of carbonyl (C=O) groups is 1. The molecule has 0 aliphatic rings. The molecule has 1 aromatic rings. The fourth-order valence-electron chi connectivity index (χ4n) is 1.60. The van der Waals surface area contributed by atoms with E-state index < -0.39 is 0 Å². The Morgan fingerprint density at radius 1 is 1.40 bits per heavy atom. The number of nitrogens with one attached hydrogen (secondary N) is 1. The van der Waals surface area contributed by atoms with Crippen LogP contribution in [0.5, 0.6) is 11.5 Å². The molecule has 1 rings (SSSR count). The van der Waals surface area contributed by atoms with Crippen molar-refractivity contribution in [2.45, 2.75) is 20.3 Å². The van der Waals surface area contributed by atoms with E-state index in [1.54, 1.807) is 25.3 Å². The third-order valence-electron chi connectivity index (χ3n) is 2.52. The van der Waals surface area contributed by atoms with Gasteiger partial charge in [-0.05, 0) is 37.1 Å². The molecule has 0 bridgehead atoms. The summed E-state index contributed by atoms with van der Waals surface area (Å²) < 4.78 is 10.7. The molecule has 20 heavy (non-hydrogen) atoms. The maximum atomic E-state index is 11.5. The van der Waals surface area contributed by atoms with Gasteiger partial charge in [0.2, 0.25) is 5.91 Å². The molecule has 1 aromatic carbocycles. The van der Waals surface area contributed by atoms with Crippen LogP contribution in [0.2, 0.25) is 5.02 Å². The van der Waals surface area contributed by atoms with E-state index in [-0.39, 0.29) is 5.91 Å². The first-order valence-electron chi connectivity index (χ1n) is 6.58. The Hall–Kier alpha value is -1.68. The number of methoxy groups -OCH3 is 1. The van der Waals surface area contributed by atoms with E-state index in [1.807, 2.05) is 13.8 Å². The van der Waals surface area contributed by atoms with E-state index in [1.165, 1.54) is 6.08 Å². The standard InChI is InChI=1S/C15H20ClNO3/c1-4-8-17-14(18)7-6-11-9-12(16)15(20-5-2)13(10-11)19-3/h6-7,9-10H,4-5,8H2,1-3H3,(H,17,18). The lowest BCUT2D eigenvalue weighted by molar-refractivity contribution is -0.116. The smallest absolute Gasteiger partial charge is 0.243 e. The number of carbonyl (C=O) groups excluding carboxylic acids is 1. The first kappa shape index (κ1) is 16.4. The summed E-state index contributed by atoms with van der Waals surface area (Å²) in [5, 5.41) is 3.22. The molecule has 1 amide bonds. The summed E-state index contributed by atoms with van der Waals surface area (Å²) in [5.74, 6) is 0.938. The largest absolute Gasteiger partial charge is 0.493 e. The summed E-state index contributed by atoms with van der Waals surface area (Å²) in [6.45, 7) is 5.05. The minimum absolute atomic E-state index is 0.129. The Balaban J connectivity index is 2.89. The lowest BCUT2D eigenvalue weighted by atomic mass is 10.2. The molecule has 1 N–H and O–H groups in total. The van der Waals surface area contributed by atoms with Gasteiger partial charge in [0.1, 0.15) is 0 Å². The monoisotopic (exact) mass is 297 g/mol. The fourth-order valence-corrected chi connectivity index (χ4v) is 1.87. The Labute approximate surface area is 124 Å². The van der Waals surface area contributed by atoms with Crippen LogP contribution in [0.15, 0.2) is 18.2 Å². The number of rotatable bonds is 7. The highest BCUT2D eigenvalue weighted by molar-refractivity contribution is 6.32. The van der Waals surface area contributed by atoms with Gasteiger partial charge >= 0.3 is 0 Å². The minimum atomic E-state index is -0.129. The van der Waals surface area contributed by atoms with Crippen molar-refractivity contribution in [1.82, 2.24) is 5.32 Å². The quantitative estimate of drug-likeness (QED) is 0.786. The van der Waals surface area contributed by atoms with Gasteiger partial charge in [-0.3, -0.25) is 4.79 Å². The number of hydrogen-bond acceptors (Lipinski definition) is 3. The van der Waals surface area contributed by atoms with Gasteiger partial charge in [-0.1, -0.05) is 18.5 Å². The van der Waals surface area contributed by atoms with Gasteiger partial charge in [0.15, 0.2) is 11.5 Å². The summed E-state index contributed by atoms with van der Waals surface area (Å²) >= 11 is 6.15. The normalized spacial score (nSPS) is 10.6. The van der Waals surface area contributed by atoms with Crippen molar-refractivity contribution in [3.63, 3.8) is 0 Å². The van der Waals surface area contributed by atoms with Crippen LogP contribution in [0, 0.1) is 0 Å². The van der Waals surface area contributed by atoms with E-state index in [0.717, 1.165) is 12.0 Å². The molecule has 0 spiro atoms. The predicted molar refractivity (Wildman–Crippen MR) is 81.5 cm³/mol. The summed E-state index contributed by atoms with van der Waals surface area (Å²) in [6, 6.07) is 3.51. The number of ether oxygens (including phenoxy) is 2. The Kier molecular flexibility index (Phi) is 6.94. The van der Waals surface area contributed by atoms with Crippen molar-refractivity contribution in [2.24, 2.45) is 0 Å². The molecular weight excluding hydrogens is 278 g/mol. The minimum Gasteiger partial charge on any atom is -0.493 e. The zero-order chi connectivity index (χ0) is 15.0. The molecule has 0 aliphatic carbocycles. The van der Waals surface area contributed by atoms with Gasteiger partial charge in [0.05, 0.1) is 18.7 Å². The average molecular weight is 298 g/mol. The lowest BCUT2D eigenvalue weighted by Crippen LogP contribution is -2.21. The lowest BCUT2D eigenvalue weighted by Gasteiger charge is -2.11. The third kappa shape index (κ3) is 4.78. The van der Waals surface area contributed by atoms with Crippen LogP contribution in [-0.4, -0.2) is 26.2 Å². The van der Waals surface area contributed by atoms with E-state index in [2.05, 4.69) is 5.32 Å². The zero-order valence-electron chi connectivity index (χ0n) is 12.0. The highest BCUT2D eigenvalue weighted by atomic mass is 35.5. The van der Waals surface area contributed by atoms with Crippen LogP contribution in [-0.2, 0) is 4.79 Å². The van der Waals surface area contributed by atoms with Crippen LogP contribution in [0.25, 0.3) is 6.08 Å². The van der Waals surface area contributed by atoms with Gasteiger partial charge in [0.25, 0.3) is 0 Å². The maximum Gasteiger partial charge on any atom is 0.243 e. The molecule has 0 aromatic heterocycles. The van der Waals surface area contributed by atoms with E-state index in [0.29, 0.717) is 29.7 Å². The highest BCUT2D eigenvalue weighted by Crippen LogP contribution is 2.36. The summed E-state index contributed by atoms with van der Waals surface area (Å²) in [5.41, 5.74) is 0.780. The summed E-state index contributed by atoms with van der Waals surface area (Å²) in [6.07, 6.45) is 4.07. The summed E-state index contributed by atoms with van der Waals surface area (Å²) in [7, 11) is 1.55. The number of halogens is 1. The average Bonchev–Trinajstić information content (AvgIpc) is 2.45. The SMILES string of the molecule is CCCNC(=O)C=Cc1cc(Cl)c(OCC)c(OC)c1. The molecule has 0 aliphatic heterocycles. The van der Waals surface area contributed by atoms with Crippen LogP contribution in [0.3, 0.4) is 0 Å². The van der Waals surface area contributed by atoms with Crippen molar-refractivity contribution >= 4 is 23.6 Å². The second-order valence-electron chi connectivity index (χ2n) is 4.09. The van der Waals surface area contributed by atoms with E-state index >= 15 is 0 Å². The van der Waals surface area contributed by atoms with Crippen molar-refractivity contribution in [3.05, 3.63) is 28.8 Å². The van der Waals surface area contributed by atoms with E-state index in [4.69, 9.17) is 21.1 Å². The number of hydrogen-bond donors (Lipinski definition) is 1. The first-order valence-corrected chi connectivity index (χ1v) is 6.96. The van der Waals surface area contributed by atoms with Gasteiger partial charge in [-0.25, -0.2) is 0 Å². The topological polar surface area (TPSA) is 47.6 Å². The molecule has 0 saturated carbocycles. The van der Waals surface area contributed by atoms with Crippen LogP contribution >= 0.6 is 11.6 Å². The molecular formula is C15H20ClNO3. The Morgan fingerprint density at radius 2 is 2.15 bits per heavy atom. The van der Waals surface area contributed by atoms with Crippen molar-refractivity contribution < 1.29 is 14.3 Å². The van der Waals surface area contributed by atoms with Gasteiger partial charge < -0.3 is 14.8 Å². The van der Waals surface area contributed by atoms with Gasteiger partial charge in [-0.2, -0.15) is 0 Å². The molecule has 0 atom stereocenters. The summed E-state index contributed by atoms with van der Waals surface area (Å²) in [4.78, 5) is 11.5. The highest BCUT2D eigenvalue weighted by Gasteiger charge is 2.10. The molecule has 0 saturated heterocycles. The van der Waals surface area contributed by atoms with E-state index in [9.17, 15) is 4.79 Å². The van der Waals surface area contributed by atoms with Crippen molar-refractivity contribution in [1.29, 1.82) is 0 Å². The fraction of sp³-hybridized carbons (Fsp3) is 0.400. The number of amides is 1. The molecule has 110 valence electrons. The molecule has 4 nitrogen and oxygen atoms in total. The molecule has 0 fully saturated rings. The van der Waals surface area contributed by atoms with Crippen LogP contribution < -0.4 is 14.8 Å². The molecule has 5 heteroatoms. The molecule has 0 radical (unpaired) electrons. The van der Waals surface area contributed by atoms with Crippen LogP contribution in [0.1, 0.15) is 25.8 Å². The maximum absolute atomic E-state index is 11.5. The van der Waals surface area contributed by atoms with Gasteiger partial charge in [0, 0.05) is 12.6 Å². The molecule has 0 unspecified atom stereocenters. The third-order valence-corrected chi connectivity index (χ3v) is 2.80. The van der Waals surface area contributed by atoms with Crippen molar-refractivity contribution in [2.75, 3.05) is 20.3 Å².